The number of phenolic OH excluding ortho intramolecular Hbond substituents is 2. The fraction of sp³-hybridized carbons (Fsp3) is 0.118. The minimum absolute atomic E-state index is 0.112. The van der Waals surface area contributed by atoms with E-state index < -0.39 is 24.7 Å². The highest BCUT2D eigenvalue weighted by Gasteiger charge is 2.19. The normalized spacial score (nSPS) is 10.4. The number of hydrogen-bond acceptors (Lipinski definition) is 8. The number of carboxylic acid groups (broad SMARTS) is 2. The standard InChI is InChI=1S/C17H14O10/c18-10-1-3-12(15(20)21)9(5-10)7-26-27-8-25-17(24)14-6-11(19)2-4-13(14)16(22)23/h1-6,18-19H,7-8H2,(H,20,21)(H,22,23). The summed E-state index contributed by atoms with van der Waals surface area (Å²) < 4.78 is 4.69. The summed E-state index contributed by atoms with van der Waals surface area (Å²) in [7, 11) is 0. The predicted molar refractivity (Wildman–Crippen MR) is 86.3 cm³/mol. The molecule has 0 saturated carbocycles. The Morgan fingerprint density at radius 1 is 0.778 bits per heavy atom. The fourth-order valence-corrected chi connectivity index (χ4v) is 2.09. The van der Waals surface area contributed by atoms with Gasteiger partial charge in [0.15, 0.2) is 0 Å². The number of carbonyl (C=O) groups excluding carboxylic acids is 1. The highest BCUT2D eigenvalue weighted by molar-refractivity contribution is 6.02. The van der Waals surface area contributed by atoms with Crippen molar-refractivity contribution in [2.24, 2.45) is 0 Å². The van der Waals surface area contributed by atoms with Crippen molar-refractivity contribution in [3.63, 3.8) is 0 Å². The van der Waals surface area contributed by atoms with Crippen LogP contribution in [0.25, 0.3) is 0 Å². The van der Waals surface area contributed by atoms with Crippen LogP contribution in [-0.2, 0) is 21.1 Å². The third kappa shape index (κ3) is 5.17. The zero-order valence-electron chi connectivity index (χ0n) is 13.6. The molecule has 0 atom stereocenters. The topological polar surface area (TPSA) is 160 Å². The van der Waals surface area contributed by atoms with Gasteiger partial charge in [-0.3, -0.25) is 0 Å². The van der Waals surface area contributed by atoms with Crippen LogP contribution in [0.2, 0.25) is 0 Å². The summed E-state index contributed by atoms with van der Waals surface area (Å²) in [4.78, 5) is 43.4. The quantitative estimate of drug-likeness (QED) is 0.175. The van der Waals surface area contributed by atoms with Gasteiger partial charge in [0.25, 0.3) is 0 Å². The van der Waals surface area contributed by atoms with Gasteiger partial charge in [-0.15, -0.1) is 0 Å². The number of phenols is 2. The van der Waals surface area contributed by atoms with E-state index in [1.807, 2.05) is 0 Å². The number of benzene rings is 2. The van der Waals surface area contributed by atoms with Crippen molar-refractivity contribution >= 4 is 17.9 Å². The monoisotopic (exact) mass is 378 g/mol. The lowest BCUT2D eigenvalue weighted by atomic mass is 10.1. The summed E-state index contributed by atoms with van der Waals surface area (Å²) in [5.41, 5.74) is -0.744. The third-order valence-corrected chi connectivity index (χ3v) is 3.31. The summed E-state index contributed by atoms with van der Waals surface area (Å²) in [5, 5.41) is 36.8. The molecular weight excluding hydrogens is 364 g/mol. The molecule has 0 aliphatic rings. The van der Waals surface area contributed by atoms with Crippen molar-refractivity contribution in [3.8, 4) is 11.5 Å². The molecule has 2 aromatic rings. The number of aromatic hydroxyl groups is 2. The van der Waals surface area contributed by atoms with E-state index in [4.69, 9.17) is 15.1 Å². The summed E-state index contributed by atoms with van der Waals surface area (Å²) in [6, 6.07) is 6.63. The first-order chi connectivity index (χ1) is 12.8. The Morgan fingerprint density at radius 2 is 1.37 bits per heavy atom. The van der Waals surface area contributed by atoms with E-state index in [0.717, 1.165) is 18.2 Å². The molecule has 0 amide bonds. The lowest BCUT2D eigenvalue weighted by Crippen LogP contribution is -2.14. The van der Waals surface area contributed by atoms with Gasteiger partial charge in [0.05, 0.1) is 16.7 Å². The Labute approximate surface area is 151 Å². The zero-order valence-corrected chi connectivity index (χ0v) is 13.6. The Bertz CT molecular complexity index is 874. The van der Waals surface area contributed by atoms with Crippen LogP contribution in [-0.4, -0.2) is 45.1 Å². The fourth-order valence-electron chi connectivity index (χ4n) is 2.09. The van der Waals surface area contributed by atoms with Gasteiger partial charge in [-0.25, -0.2) is 19.3 Å². The minimum atomic E-state index is -1.38. The third-order valence-electron chi connectivity index (χ3n) is 3.31. The van der Waals surface area contributed by atoms with Crippen LogP contribution in [0.4, 0.5) is 0 Å². The van der Waals surface area contributed by atoms with E-state index in [-0.39, 0.29) is 40.4 Å². The summed E-state index contributed by atoms with van der Waals surface area (Å²) >= 11 is 0. The van der Waals surface area contributed by atoms with Crippen LogP contribution < -0.4 is 0 Å². The molecule has 0 radical (unpaired) electrons. The molecule has 4 N–H and O–H groups in total. The lowest BCUT2D eigenvalue weighted by Gasteiger charge is -2.09. The first-order valence-corrected chi connectivity index (χ1v) is 7.32. The maximum absolute atomic E-state index is 11.9. The van der Waals surface area contributed by atoms with Gasteiger partial charge < -0.3 is 25.2 Å². The lowest BCUT2D eigenvalue weighted by molar-refractivity contribution is -0.335. The molecule has 10 nitrogen and oxygen atoms in total. The van der Waals surface area contributed by atoms with Crippen molar-refractivity contribution in [2.45, 2.75) is 6.61 Å². The average molecular weight is 378 g/mol. The van der Waals surface area contributed by atoms with Crippen LogP contribution in [0.5, 0.6) is 11.5 Å². The molecule has 142 valence electrons. The number of carboxylic acids is 2. The average Bonchev–Trinajstić information content (AvgIpc) is 2.60. The second-order valence-electron chi connectivity index (χ2n) is 5.11. The van der Waals surface area contributed by atoms with Crippen molar-refractivity contribution in [1.82, 2.24) is 0 Å². The van der Waals surface area contributed by atoms with Gasteiger partial charge in [-0.05, 0) is 42.0 Å². The highest BCUT2D eigenvalue weighted by Crippen LogP contribution is 2.19. The molecule has 2 rings (SSSR count). The smallest absolute Gasteiger partial charge is 0.341 e. The molecule has 0 bridgehead atoms. The van der Waals surface area contributed by atoms with E-state index in [1.165, 1.54) is 18.2 Å². The van der Waals surface area contributed by atoms with Crippen LogP contribution in [0.15, 0.2) is 36.4 Å². The molecule has 0 aromatic heterocycles. The molecule has 0 saturated heterocycles. The maximum Gasteiger partial charge on any atom is 0.341 e. The molecule has 0 spiro atoms. The van der Waals surface area contributed by atoms with E-state index in [2.05, 4.69) is 9.62 Å². The number of ether oxygens (including phenoxy) is 1. The SMILES string of the molecule is O=C(O)c1ccc(O)cc1COOCOC(=O)c1cc(O)ccc1C(=O)O. The Hall–Kier alpha value is -3.63. The molecular formula is C17H14O10. The summed E-state index contributed by atoms with van der Waals surface area (Å²) in [6.07, 6.45) is 0. The van der Waals surface area contributed by atoms with E-state index in [0.29, 0.717) is 0 Å². The van der Waals surface area contributed by atoms with E-state index >= 15 is 0 Å². The first kappa shape index (κ1) is 19.7. The van der Waals surface area contributed by atoms with Gasteiger partial charge >= 0.3 is 17.9 Å². The molecule has 0 heterocycles. The molecule has 10 heteroatoms. The van der Waals surface area contributed by atoms with Gasteiger partial charge in [0, 0.05) is 0 Å². The number of rotatable bonds is 8. The van der Waals surface area contributed by atoms with Gasteiger partial charge in [0.2, 0.25) is 6.79 Å². The number of esters is 1. The number of hydrogen-bond donors (Lipinski definition) is 4. The van der Waals surface area contributed by atoms with Gasteiger partial charge in [-0.2, -0.15) is 4.89 Å². The molecule has 0 aliphatic carbocycles. The van der Waals surface area contributed by atoms with Crippen LogP contribution in [0.1, 0.15) is 36.6 Å². The summed E-state index contributed by atoms with van der Waals surface area (Å²) in [6.45, 7) is -1.09. The van der Waals surface area contributed by atoms with E-state index in [1.54, 1.807) is 0 Å². The predicted octanol–water partition coefficient (Wildman–Crippen LogP) is 1.76. The first-order valence-electron chi connectivity index (χ1n) is 7.32. The maximum atomic E-state index is 11.9. The van der Waals surface area contributed by atoms with Crippen molar-refractivity contribution in [3.05, 3.63) is 58.7 Å². The van der Waals surface area contributed by atoms with Crippen molar-refractivity contribution in [1.29, 1.82) is 0 Å². The van der Waals surface area contributed by atoms with Crippen LogP contribution in [0.3, 0.4) is 0 Å². The summed E-state index contributed by atoms with van der Waals surface area (Å²) in [5.74, 6) is -4.19. The van der Waals surface area contributed by atoms with Gasteiger partial charge in [-0.1, -0.05) is 0 Å². The number of aromatic carboxylic acids is 2. The van der Waals surface area contributed by atoms with Crippen LogP contribution in [0, 0.1) is 0 Å². The Morgan fingerprint density at radius 3 is 2.00 bits per heavy atom. The molecule has 27 heavy (non-hydrogen) atoms. The molecule has 0 unspecified atom stereocenters. The minimum Gasteiger partial charge on any atom is -0.508 e. The molecule has 0 fully saturated rings. The molecule has 2 aromatic carbocycles. The second-order valence-corrected chi connectivity index (χ2v) is 5.11. The van der Waals surface area contributed by atoms with E-state index in [9.17, 15) is 24.6 Å². The molecule has 0 aliphatic heterocycles. The van der Waals surface area contributed by atoms with Gasteiger partial charge in [0.1, 0.15) is 18.1 Å². The van der Waals surface area contributed by atoms with Crippen molar-refractivity contribution < 1.29 is 49.3 Å². The largest absolute Gasteiger partial charge is 0.508 e. The Balaban J connectivity index is 1.90. The van der Waals surface area contributed by atoms with Crippen molar-refractivity contribution in [2.75, 3.05) is 6.79 Å². The number of carbonyl (C=O) groups is 3. The van der Waals surface area contributed by atoms with Crippen LogP contribution >= 0.6 is 0 Å². The zero-order chi connectivity index (χ0) is 20.0. The highest BCUT2D eigenvalue weighted by atomic mass is 17.2. The Kier molecular flexibility index (Phi) is 6.31. The second kappa shape index (κ2) is 8.65.